The number of hydrogen-bond donors (Lipinski definition) is 1. The molecule has 2 aliphatic rings. The van der Waals surface area contributed by atoms with Gasteiger partial charge in [0.1, 0.15) is 13.2 Å². The van der Waals surface area contributed by atoms with Crippen LogP contribution < -0.4 is 14.8 Å². The van der Waals surface area contributed by atoms with Crippen molar-refractivity contribution in [1.29, 1.82) is 0 Å². The van der Waals surface area contributed by atoms with Gasteiger partial charge in [0.25, 0.3) is 0 Å². The van der Waals surface area contributed by atoms with Crippen molar-refractivity contribution in [2.45, 2.75) is 35.6 Å². The summed E-state index contributed by atoms with van der Waals surface area (Å²) in [5, 5.41) is 5.53. The minimum Gasteiger partial charge on any atom is -0.486 e. The van der Waals surface area contributed by atoms with Crippen LogP contribution in [0.1, 0.15) is 25.5 Å². The lowest BCUT2D eigenvalue weighted by Gasteiger charge is -2.36. The summed E-state index contributed by atoms with van der Waals surface area (Å²) in [7, 11) is 2.05. The molecule has 1 saturated heterocycles. The van der Waals surface area contributed by atoms with Crippen molar-refractivity contribution in [2.75, 3.05) is 26.0 Å². The molecule has 0 bridgehead atoms. The Morgan fingerprint density at radius 3 is 2.62 bits per heavy atom. The van der Waals surface area contributed by atoms with Crippen molar-refractivity contribution in [1.82, 2.24) is 5.32 Å². The van der Waals surface area contributed by atoms with Crippen LogP contribution in [0.2, 0.25) is 0 Å². The first-order valence-corrected chi connectivity index (χ1v) is 9.52. The Balaban J connectivity index is 1.79. The Kier molecular flexibility index (Phi) is 4.92. The number of nitrogens with one attached hydrogen (secondary N) is 1. The van der Waals surface area contributed by atoms with Crippen molar-refractivity contribution in [3.63, 3.8) is 0 Å². The summed E-state index contributed by atoms with van der Waals surface area (Å²) in [5.74, 6) is 2.94. The fourth-order valence-corrected chi connectivity index (χ4v) is 5.96. The van der Waals surface area contributed by atoms with Gasteiger partial charge in [0.05, 0.1) is 0 Å². The molecule has 1 aromatic carbocycles. The van der Waals surface area contributed by atoms with Gasteiger partial charge < -0.3 is 14.8 Å². The normalized spacial score (nSPS) is 30.0. The minimum atomic E-state index is 0.355. The molecule has 0 saturated carbocycles. The molecule has 1 fully saturated rings. The van der Waals surface area contributed by atoms with E-state index >= 15 is 0 Å². The van der Waals surface area contributed by atoms with Crippen molar-refractivity contribution in [3.8, 4) is 11.5 Å². The summed E-state index contributed by atoms with van der Waals surface area (Å²) in [4.78, 5) is 0. The van der Waals surface area contributed by atoms with Gasteiger partial charge in [-0.2, -0.15) is 23.5 Å². The molecular weight excluding hydrogens is 302 g/mol. The molecule has 0 aliphatic carbocycles. The Labute approximate surface area is 135 Å². The van der Waals surface area contributed by atoms with E-state index in [9.17, 15) is 0 Å². The predicted octanol–water partition coefficient (Wildman–Crippen LogP) is 3.34. The molecule has 1 aromatic rings. The smallest absolute Gasteiger partial charge is 0.161 e. The molecule has 116 valence electrons. The van der Waals surface area contributed by atoms with Crippen molar-refractivity contribution in [3.05, 3.63) is 23.8 Å². The predicted molar refractivity (Wildman–Crippen MR) is 92.0 cm³/mol. The maximum atomic E-state index is 5.72. The number of rotatable bonds is 3. The highest BCUT2D eigenvalue weighted by Crippen LogP contribution is 2.42. The zero-order valence-electron chi connectivity index (χ0n) is 12.8. The van der Waals surface area contributed by atoms with Crippen LogP contribution in [0.15, 0.2) is 18.2 Å². The van der Waals surface area contributed by atoms with Gasteiger partial charge in [-0.25, -0.2) is 0 Å². The molecule has 4 unspecified atom stereocenters. The van der Waals surface area contributed by atoms with E-state index in [0.29, 0.717) is 29.8 Å². The Hall–Kier alpha value is -0.520. The molecule has 4 atom stereocenters. The van der Waals surface area contributed by atoms with Crippen LogP contribution in [0.3, 0.4) is 0 Å². The van der Waals surface area contributed by atoms with Gasteiger partial charge in [-0.3, -0.25) is 0 Å². The van der Waals surface area contributed by atoms with Crippen LogP contribution in [0.5, 0.6) is 11.5 Å². The van der Waals surface area contributed by atoms with Crippen LogP contribution in [0.25, 0.3) is 0 Å². The molecule has 0 spiro atoms. The lowest BCUT2D eigenvalue weighted by Crippen LogP contribution is -2.35. The first kappa shape index (κ1) is 15.4. The molecule has 3 rings (SSSR count). The quantitative estimate of drug-likeness (QED) is 0.921. The lowest BCUT2D eigenvalue weighted by atomic mass is 10.0. The largest absolute Gasteiger partial charge is 0.486 e. The van der Waals surface area contributed by atoms with Crippen molar-refractivity contribution < 1.29 is 9.47 Å². The minimum absolute atomic E-state index is 0.355. The lowest BCUT2D eigenvalue weighted by molar-refractivity contribution is 0.171. The third kappa shape index (κ3) is 3.30. The topological polar surface area (TPSA) is 30.5 Å². The second kappa shape index (κ2) is 6.71. The van der Waals surface area contributed by atoms with Crippen LogP contribution in [0, 0.1) is 0 Å². The standard InChI is InChI=1S/C16H23NO2S2/c1-10-11(2)21-15(9-20-10)16(17-3)12-4-5-13-14(8-12)19-7-6-18-13/h4-5,8,10-11,15-17H,6-7,9H2,1-3H3. The molecule has 5 heteroatoms. The molecule has 2 aliphatic heterocycles. The maximum absolute atomic E-state index is 5.72. The van der Waals surface area contributed by atoms with Gasteiger partial charge in [-0.05, 0) is 24.7 Å². The fourth-order valence-electron chi connectivity index (χ4n) is 2.80. The van der Waals surface area contributed by atoms with Gasteiger partial charge in [0.2, 0.25) is 0 Å². The van der Waals surface area contributed by atoms with Crippen molar-refractivity contribution >= 4 is 23.5 Å². The zero-order valence-corrected chi connectivity index (χ0v) is 14.4. The van der Waals surface area contributed by atoms with Crippen LogP contribution in [-0.2, 0) is 0 Å². The Morgan fingerprint density at radius 2 is 1.90 bits per heavy atom. The van der Waals surface area contributed by atoms with E-state index in [-0.39, 0.29) is 0 Å². The van der Waals surface area contributed by atoms with Gasteiger partial charge >= 0.3 is 0 Å². The van der Waals surface area contributed by atoms with E-state index in [1.807, 2.05) is 6.07 Å². The first-order chi connectivity index (χ1) is 10.2. The molecule has 3 nitrogen and oxygen atoms in total. The Morgan fingerprint density at radius 1 is 1.14 bits per heavy atom. The number of hydrogen-bond acceptors (Lipinski definition) is 5. The number of thioether (sulfide) groups is 2. The first-order valence-electron chi connectivity index (χ1n) is 7.53. The number of fused-ring (bicyclic) bond motifs is 1. The maximum Gasteiger partial charge on any atom is 0.161 e. The van der Waals surface area contributed by atoms with E-state index in [0.717, 1.165) is 16.7 Å². The van der Waals surface area contributed by atoms with Gasteiger partial charge in [-0.1, -0.05) is 19.9 Å². The third-order valence-corrected chi connectivity index (χ3v) is 7.68. The average Bonchev–Trinajstić information content (AvgIpc) is 2.51. The van der Waals surface area contributed by atoms with E-state index in [4.69, 9.17) is 9.47 Å². The number of benzene rings is 1. The molecule has 1 N–H and O–H groups in total. The molecule has 21 heavy (non-hydrogen) atoms. The second-order valence-electron chi connectivity index (χ2n) is 5.59. The SMILES string of the molecule is CNC(c1ccc2c(c1)OCCO2)C1CSC(C)C(C)S1. The summed E-state index contributed by atoms with van der Waals surface area (Å²) in [6, 6.07) is 6.71. The highest BCUT2D eigenvalue weighted by molar-refractivity contribution is 8.07. The van der Waals surface area contributed by atoms with E-state index in [1.165, 1.54) is 11.3 Å². The molecule has 0 aromatic heterocycles. The third-order valence-electron chi connectivity index (χ3n) is 4.18. The van der Waals surface area contributed by atoms with E-state index in [2.05, 4.69) is 61.9 Å². The molecular formula is C16H23NO2S2. The molecule has 0 amide bonds. The zero-order chi connectivity index (χ0) is 14.8. The van der Waals surface area contributed by atoms with Crippen LogP contribution in [0.4, 0.5) is 0 Å². The van der Waals surface area contributed by atoms with Crippen LogP contribution in [-0.4, -0.2) is 41.8 Å². The summed E-state index contributed by atoms with van der Waals surface area (Å²) < 4.78 is 11.3. The summed E-state index contributed by atoms with van der Waals surface area (Å²) in [6.45, 7) is 5.96. The Bertz CT molecular complexity index is 497. The average molecular weight is 325 g/mol. The van der Waals surface area contributed by atoms with Gasteiger partial charge in [-0.15, -0.1) is 0 Å². The monoisotopic (exact) mass is 325 g/mol. The summed E-state index contributed by atoms with van der Waals surface area (Å²) in [6.07, 6.45) is 0. The molecule has 0 radical (unpaired) electrons. The van der Waals surface area contributed by atoms with Crippen LogP contribution >= 0.6 is 23.5 Å². The summed E-state index contributed by atoms with van der Waals surface area (Å²) in [5.41, 5.74) is 1.29. The highest BCUT2D eigenvalue weighted by Gasteiger charge is 2.32. The van der Waals surface area contributed by atoms with E-state index in [1.54, 1.807) is 0 Å². The number of ether oxygens (including phenoxy) is 2. The van der Waals surface area contributed by atoms with Crippen molar-refractivity contribution in [2.24, 2.45) is 0 Å². The fraction of sp³-hybridized carbons (Fsp3) is 0.625. The van der Waals surface area contributed by atoms with Gasteiger partial charge in [0, 0.05) is 27.5 Å². The summed E-state index contributed by atoms with van der Waals surface area (Å²) >= 11 is 4.19. The molecule has 2 heterocycles. The van der Waals surface area contributed by atoms with Gasteiger partial charge in [0.15, 0.2) is 11.5 Å². The highest BCUT2D eigenvalue weighted by atomic mass is 32.2. The second-order valence-corrected chi connectivity index (χ2v) is 8.62. The van der Waals surface area contributed by atoms with E-state index < -0.39 is 0 Å².